The Kier molecular flexibility index (Phi) is 1.52. The Hall–Kier alpha value is -0.670. The van der Waals surface area contributed by atoms with Gasteiger partial charge in [0.1, 0.15) is 0 Å². The van der Waals surface area contributed by atoms with Gasteiger partial charge in [-0.05, 0) is 23.8 Å². The van der Waals surface area contributed by atoms with Crippen molar-refractivity contribution in [3.05, 3.63) is 12.2 Å². The predicted molar refractivity (Wildman–Crippen MR) is 56.6 cm³/mol. The van der Waals surface area contributed by atoms with Gasteiger partial charge in [-0.1, -0.05) is 13.0 Å². The zero-order chi connectivity index (χ0) is 11.0. The predicted octanol–water partition coefficient (Wildman–Crippen LogP) is 1.53. The Morgan fingerprint density at radius 3 is 2.81 bits per heavy atom. The molecule has 0 aromatic rings. The zero-order valence-electron chi connectivity index (χ0n) is 9.44. The van der Waals surface area contributed by atoms with Gasteiger partial charge in [0.25, 0.3) is 0 Å². The third kappa shape index (κ3) is 0.800. The zero-order valence-corrected chi connectivity index (χ0v) is 9.44. The van der Waals surface area contributed by atoms with Crippen LogP contribution in [0.3, 0.4) is 0 Å². The van der Waals surface area contributed by atoms with Crippen molar-refractivity contribution in [2.45, 2.75) is 25.6 Å². The topological polar surface area (TPSA) is 35.5 Å². The molecule has 86 valence electrons. The maximum atomic E-state index is 11.8. The fourth-order valence-electron chi connectivity index (χ4n) is 4.69. The minimum absolute atomic E-state index is 0.121. The summed E-state index contributed by atoms with van der Waals surface area (Å²) in [5.41, 5.74) is 0.121. The van der Waals surface area contributed by atoms with E-state index in [1.54, 1.807) is 6.08 Å². The molecule has 4 atom stereocenters. The van der Waals surface area contributed by atoms with E-state index in [0.29, 0.717) is 30.8 Å². The van der Waals surface area contributed by atoms with Crippen LogP contribution in [0.25, 0.3) is 0 Å². The van der Waals surface area contributed by atoms with Gasteiger partial charge >= 0.3 is 0 Å². The van der Waals surface area contributed by atoms with Crippen LogP contribution in [0.15, 0.2) is 12.2 Å². The third-order valence-electron chi connectivity index (χ3n) is 5.24. The average molecular weight is 220 g/mol. The fourth-order valence-corrected chi connectivity index (χ4v) is 4.69. The van der Waals surface area contributed by atoms with Crippen molar-refractivity contribution in [3.8, 4) is 0 Å². The van der Waals surface area contributed by atoms with Gasteiger partial charge in [-0.25, -0.2) is 0 Å². The fraction of sp³-hybridized carbons (Fsp3) is 0.769. The van der Waals surface area contributed by atoms with Gasteiger partial charge in [-0.3, -0.25) is 4.79 Å². The van der Waals surface area contributed by atoms with Crippen LogP contribution >= 0.6 is 0 Å². The largest absolute Gasteiger partial charge is 0.347 e. The molecule has 2 saturated carbocycles. The third-order valence-corrected chi connectivity index (χ3v) is 5.24. The molecule has 0 amide bonds. The number of carbonyl (C=O) groups excluding carboxylic acids is 1. The number of rotatable bonds is 0. The van der Waals surface area contributed by atoms with Gasteiger partial charge in [0.05, 0.1) is 13.2 Å². The van der Waals surface area contributed by atoms with Gasteiger partial charge in [-0.15, -0.1) is 0 Å². The lowest BCUT2D eigenvalue weighted by molar-refractivity contribution is -0.241. The van der Waals surface area contributed by atoms with Crippen molar-refractivity contribution in [1.29, 1.82) is 0 Å². The van der Waals surface area contributed by atoms with E-state index in [2.05, 4.69) is 13.0 Å². The van der Waals surface area contributed by atoms with E-state index in [9.17, 15) is 4.79 Å². The van der Waals surface area contributed by atoms with Crippen LogP contribution in [0, 0.1) is 23.2 Å². The molecular formula is C13H16O3. The number of hydrogen-bond acceptors (Lipinski definition) is 3. The average Bonchev–Trinajstić information content (AvgIpc) is 2.86. The lowest BCUT2D eigenvalue weighted by atomic mass is 9.49. The van der Waals surface area contributed by atoms with Crippen molar-refractivity contribution in [2.24, 2.45) is 23.2 Å². The number of allylic oxidation sites excluding steroid dienone is 2. The Balaban J connectivity index is 1.76. The summed E-state index contributed by atoms with van der Waals surface area (Å²) in [6.45, 7) is 3.66. The summed E-state index contributed by atoms with van der Waals surface area (Å²) in [6.07, 6.45) is 5.87. The number of hydrogen-bond donors (Lipinski definition) is 0. The van der Waals surface area contributed by atoms with E-state index in [0.717, 1.165) is 12.8 Å². The molecule has 0 unspecified atom stereocenters. The molecule has 0 aromatic carbocycles. The second kappa shape index (κ2) is 2.59. The molecule has 4 aliphatic rings. The van der Waals surface area contributed by atoms with Crippen molar-refractivity contribution >= 4 is 5.78 Å². The minimum atomic E-state index is -0.356. The number of carbonyl (C=O) groups is 1. The molecule has 3 nitrogen and oxygen atoms in total. The quantitative estimate of drug-likeness (QED) is 0.621. The molecule has 3 heteroatoms. The van der Waals surface area contributed by atoms with E-state index in [4.69, 9.17) is 9.47 Å². The highest BCUT2D eigenvalue weighted by molar-refractivity contribution is 5.96. The molecule has 1 heterocycles. The van der Waals surface area contributed by atoms with Gasteiger partial charge in [0.2, 0.25) is 0 Å². The van der Waals surface area contributed by atoms with Crippen LogP contribution in [0.5, 0.6) is 0 Å². The maximum absolute atomic E-state index is 11.8. The number of ketones is 1. The molecule has 1 spiro atoms. The van der Waals surface area contributed by atoms with Crippen molar-refractivity contribution < 1.29 is 14.3 Å². The molecule has 1 aliphatic heterocycles. The minimum Gasteiger partial charge on any atom is -0.347 e. The Morgan fingerprint density at radius 1 is 1.31 bits per heavy atom. The maximum Gasteiger partial charge on any atom is 0.172 e. The molecule has 4 rings (SSSR count). The molecule has 3 fully saturated rings. The van der Waals surface area contributed by atoms with Crippen LogP contribution in [0.4, 0.5) is 0 Å². The van der Waals surface area contributed by atoms with E-state index < -0.39 is 0 Å². The first-order chi connectivity index (χ1) is 7.67. The molecule has 1 saturated heterocycles. The van der Waals surface area contributed by atoms with Gasteiger partial charge in [0.15, 0.2) is 11.6 Å². The Bertz CT molecular complexity index is 394. The first-order valence-corrected chi connectivity index (χ1v) is 6.17. The van der Waals surface area contributed by atoms with Crippen LogP contribution < -0.4 is 0 Å². The summed E-state index contributed by atoms with van der Waals surface area (Å²) < 4.78 is 11.8. The number of fused-ring (bicyclic) bond motifs is 5. The lowest BCUT2D eigenvalue weighted by Gasteiger charge is -2.56. The van der Waals surface area contributed by atoms with Crippen molar-refractivity contribution in [1.82, 2.24) is 0 Å². The summed E-state index contributed by atoms with van der Waals surface area (Å²) in [5.74, 6) is 0.946. The highest BCUT2D eigenvalue weighted by Gasteiger charge is 2.73. The lowest BCUT2D eigenvalue weighted by Crippen LogP contribution is -2.59. The SMILES string of the molecule is C[C@]12CCC3(OCCO3)[C@@H]1[C@@H]1C=CC(=O)[C@H]12. The van der Waals surface area contributed by atoms with Gasteiger partial charge in [-0.2, -0.15) is 0 Å². The second-order valence-corrected chi connectivity index (χ2v) is 5.81. The summed E-state index contributed by atoms with van der Waals surface area (Å²) in [4.78, 5) is 11.8. The highest BCUT2D eigenvalue weighted by atomic mass is 16.7. The molecular weight excluding hydrogens is 204 g/mol. The van der Waals surface area contributed by atoms with Crippen LogP contribution in [-0.4, -0.2) is 24.8 Å². The standard InChI is InChI=1S/C13H16O3/c1-12-4-5-13(15-6-7-16-13)11(12)8-2-3-9(14)10(8)12/h2-3,8,10-11H,4-7H2,1H3/t8-,10+,11-,12-/m1/s1. The molecule has 0 N–H and O–H groups in total. The van der Waals surface area contributed by atoms with Gasteiger partial charge in [0, 0.05) is 18.3 Å². The molecule has 0 bridgehead atoms. The summed E-state index contributed by atoms with van der Waals surface area (Å²) in [6, 6.07) is 0. The van der Waals surface area contributed by atoms with E-state index >= 15 is 0 Å². The molecule has 3 aliphatic carbocycles. The summed E-state index contributed by atoms with van der Waals surface area (Å²) in [7, 11) is 0. The van der Waals surface area contributed by atoms with Crippen LogP contribution in [-0.2, 0) is 14.3 Å². The van der Waals surface area contributed by atoms with E-state index in [1.165, 1.54) is 0 Å². The van der Waals surface area contributed by atoms with Crippen molar-refractivity contribution in [2.75, 3.05) is 13.2 Å². The second-order valence-electron chi connectivity index (χ2n) is 5.81. The molecule has 0 radical (unpaired) electrons. The molecule has 0 aromatic heterocycles. The summed E-state index contributed by atoms with van der Waals surface area (Å²) >= 11 is 0. The summed E-state index contributed by atoms with van der Waals surface area (Å²) in [5, 5.41) is 0. The Morgan fingerprint density at radius 2 is 2.06 bits per heavy atom. The monoisotopic (exact) mass is 220 g/mol. The normalized spacial score (nSPS) is 51.8. The first kappa shape index (κ1) is 9.37. The highest BCUT2D eigenvalue weighted by Crippen LogP contribution is 2.71. The number of ether oxygens (including phenoxy) is 2. The van der Waals surface area contributed by atoms with Gasteiger partial charge < -0.3 is 9.47 Å². The van der Waals surface area contributed by atoms with E-state index in [1.807, 2.05) is 0 Å². The van der Waals surface area contributed by atoms with Crippen LogP contribution in [0.2, 0.25) is 0 Å². The van der Waals surface area contributed by atoms with Crippen LogP contribution in [0.1, 0.15) is 19.8 Å². The Labute approximate surface area is 94.8 Å². The van der Waals surface area contributed by atoms with E-state index in [-0.39, 0.29) is 17.1 Å². The first-order valence-electron chi connectivity index (χ1n) is 6.17. The van der Waals surface area contributed by atoms with Crippen molar-refractivity contribution in [3.63, 3.8) is 0 Å². The molecule has 16 heavy (non-hydrogen) atoms. The smallest absolute Gasteiger partial charge is 0.172 e.